The Kier molecular flexibility index (Phi) is 6.35. The van der Waals surface area contributed by atoms with E-state index in [1.165, 1.54) is 0 Å². The molecule has 1 atom stereocenters. The second-order valence-corrected chi connectivity index (χ2v) is 8.59. The summed E-state index contributed by atoms with van der Waals surface area (Å²) in [6.45, 7) is 1.85. The van der Waals surface area contributed by atoms with Gasteiger partial charge in [-0.3, -0.25) is 4.79 Å². The van der Waals surface area contributed by atoms with Crippen LogP contribution < -0.4 is 20.1 Å². The summed E-state index contributed by atoms with van der Waals surface area (Å²) >= 11 is 6.63. The standard InChI is InChI=1S/C27H24ClN5O3/c1-16-23(26(34)30-18-9-5-4-6-10-18)24(19-11-7-8-12-20(19)28)33-27(29-16)31-25(32-33)17-13-14-21(35-2)22(15-17)36-3/h4-15,24H,1-3H3,(H,30,34)(H,29,31,32). The number of amides is 1. The number of carbonyl (C=O) groups excluding carboxylic acids is 1. The lowest BCUT2D eigenvalue weighted by Gasteiger charge is -2.29. The van der Waals surface area contributed by atoms with Crippen molar-refractivity contribution in [3.63, 3.8) is 0 Å². The highest BCUT2D eigenvalue weighted by Crippen LogP contribution is 2.40. The molecule has 36 heavy (non-hydrogen) atoms. The van der Waals surface area contributed by atoms with Gasteiger partial charge in [0.05, 0.1) is 19.8 Å². The number of para-hydroxylation sites is 1. The van der Waals surface area contributed by atoms with Crippen molar-refractivity contribution < 1.29 is 14.3 Å². The van der Waals surface area contributed by atoms with Crippen LogP contribution in [-0.4, -0.2) is 34.9 Å². The predicted octanol–water partition coefficient (Wildman–Crippen LogP) is 5.54. The summed E-state index contributed by atoms with van der Waals surface area (Å²) in [5.41, 5.74) is 3.32. The van der Waals surface area contributed by atoms with Crippen molar-refractivity contribution in [2.45, 2.75) is 13.0 Å². The molecule has 1 unspecified atom stereocenters. The highest BCUT2D eigenvalue weighted by atomic mass is 35.5. The number of allylic oxidation sites excluding steroid dienone is 1. The molecule has 0 bridgehead atoms. The van der Waals surface area contributed by atoms with E-state index in [1.54, 1.807) is 31.0 Å². The number of benzene rings is 3. The van der Waals surface area contributed by atoms with Gasteiger partial charge in [-0.25, -0.2) is 4.68 Å². The minimum Gasteiger partial charge on any atom is -0.493 e. The van der Waals surface area contributed by atoms with Crippen molar-refractivity contribution in [3.05, 3.63) is 94.7 Å². The minimum atomic E-state index is -0.597. The number of carbonyl (C=O) groups is 1. The van der Waals surface area contributed by atoms with Gasteiger partial charge >= 0.3 is 0 Å². The van der Waals surface area contributed by atoms with Crippen molar-refractivity contribution in [2.24, 2.45) is 0 Å². The van der Waals surface area contributed by atoms with Crippen molar-refractivity contribution >= 4 is 29.1 Å². The molecule has 0 fully saturated rings. The van der Waals surface area contributed by atoms with Gasteiger partial charge in [0.1, 0.15) is 6.04 Å². The van der Waals surface area contributed by atoms with E-state index in [9.17, 15) is 4.79 Å². The smallest absolute Gasteiger partial charge is 0.255 e. The number of aromatic nitrogens is 3. The summed E-state index contributed by atoms with van der Waals surface area (Å²) in [6, 6.07) is 21.6. The zero-order valence-electron chi connectivity index (χ0n) is 19.9. The number of fused-ring (bicyclic) bond motifs is 1. The SMILES string of the molecule is COc1ccc(-c2nc3n(n2)C(c2ccccc2Cl)C(C(=O)Nc2ccccc2)=C(C)N3)cc1OC. The molecule has 1 aliphatic rings. The molecule has 2 N–H and O–H groups in total. The summed E-state index contributed by atoms with van der Waals surface area (Å²) < 4.78 is 12.5. The number of halogens is 1. The number of hydrogen-bond donors (Lipinski definition) is 2. The van der Waals surface area contributed by atoms with Crippen molar-refractivity contribution in [1.29, 1.82) is 0 Å². The molecule has 0 aliphatic carbocycles. The topological polar surface area (TPSA) is 90.3 Å². The molecule has 8 nitrogen and oxygen atoms in total. The quantitative estimate of drug-likeness (QED) is 0.360. The molecular formula is C27H24ClN5O3. The molecule has 182 valence electrons. The van der Waals surface area contributed by atoms with Gasteiger partial charge < -0.3 is 20.1 Å². The van der Waals surface area contributed by atoms with Gasteiger partial charge in [0, 0.05) is 27.5 Å². The molecule has 1 amide bonds. The first-order valence-corrected chi connectivity index (χ1v) is 11.7. The van der Waals surface area contributed by atoms with Crippen LogP contribution in [0.5, 0.6) is 11.5 Å². The Morgan fingerprint density at radius 3 is 2.44 bits per heavy atom. The van der Waals surface area contributed by atoms with Crippen LogP contribution in [0.2, 0.25) is 5.02 Å². The molecule has 0 spiro atoms. The molecule has 3 aromatic carbocycles. The summed E-state index contributed by atoms with van der Waals surface area (Å²) in [5, 5.41) is 11.6. The second kappa shape index (κ2) is 9.75. The predicted molar refractivity (Wildman–Crippen MR) is 140 cm³/mol. The van der Waals surface area contributed by atoms with Gasteiger partial charge in [0.15, 0.2) is 17.3 Å². The zero-order valence-corrected chi connectivity index (χ0v) is 20.7. The molecule has 4 aromatic rings. The van der Waals surface area contributed by atoms with E-state index in [4.69, 9.17) is 31.2 Å². The third-order valence-electron chi connectivity index (χ3n) is 5.97. The highest BCUT2D eigenvalue weighted by Gasteiger charge is 2.35. The molecule has 0 saturated carbocycles. The van der Waals surface area contributed by atoms with Crippen molar-refractivity contribution in [1.82, 2.24) is 14.8 Å². The monoisotopic (exact) mass is 501 g/mol. The van der Waals surface area contributed by atoms with Crippen LogP contribution in [0.1, 0.15) is 18.5 Å². The van der Waals surface area contributed by atoms with Crippen LogP contribution in [0.15, 0.2) is 84.1 Å². The number of anilines is 2. The Bertz CT molecular complexity index is 1470. The summed E-state index contributed by atoms with van der Waals surface area (Å²) in [7, 11) is 3.16. The maximum absolute atomic E-state index is 13.6. The van der Waals surface area contributed by atoms with Crippen LogP contribution >= 0.6 is 11.6 Å². The van der Waals surface area contributed by atoms with Crippen molar-refractivity contribution in [3.8, 4) is 22.9 Å². The average molecular weight is 502 g/mol. The Balaban J connectivity index is 1.61. The first-order chi connectivity index (χ1) is 17.5. The van der Waals surface area contributed by atoms with Crippen LogP contribution in [0.25, 0.3) is 11.4 Å². The van der Waals surface area contributed by atoms with Crippen molar-refractivity contribution in [2.75, 3.05) is 24.9 Å². The van der Waals surface area contributed by atoms with E-state index in [-0.39, 0.29) is 5.91 Å². The van der Waals surface area contributed by atoms with E-state index in [0.29, 0.717) is 45.3 Å². The molecular weight excluding hydrogens is 478 g/mol. The summed E-state index contributed by atoms with van der Waals surface area (Å²) in [4.78, 5) is 18.3. The molecule has 1 aliphatic heterocycles. The highest BCUT2D eigenvalue weighted by molar-refractivity contribution is 6.31. The second-order valence-electron chi connectivity index (χ2n) is 8.18. The first kappa shape index (κ1) is 23.4. The third-order valence-corrected chi connectivity index (χ3v) is 6.31. The molecule has 9 heteroatoms. The van der Waals surface area contributed by atoms with Gasteiger partial charge in [-0.2, -0.15) is 4.98 Å². The number of ether oxygens (including phenoxy) is 2. The summed E-state index contributed by atoms with van der Waals surface area (Å²) in [5.74, 6) is 1.88. The largest absolute Gasteiger partial charge is 0.493 e. The lowest BCUT2D eigenvalue weighted by molar-refractivity contribution is -0.113. The van der Waals surface area contributed by atoms with E-state index >= 15 is 0 Å². The molecule has 2 heterocycles. The fraction of sp³-hybridized carbons (Fsp3) is 0.148. The van der Waals surface area contributed by atoms with Crippen LogP contribution in [-0.2, 0) is 4.79 Å². The summed E-state index contributed by atoms with van der Waals surface area (Å²) in [6.07, 6.45) is 0. The van der Waals surface area contributed by atoms with Gasteiger partial charge in [-0.1, -0.05) is 48.0 Å². The zero-order chi connectivity index (χ0) is 25.2. The van der Waals surface area contributed by atoms with Gasteiger partial charge in [-0.15, -0.1) is 5.10 Å². The Morgan fingerprint density at radius 2 is 1.72 bits per heavy atom. The lowest BCUT2D eigenvalue weighted by Crippen LogP contribution is -2.31. The fourth-order valence-corrected chi connectivity index (χ4v) is 4.49. The number of rotatable bonds is 6. The van der Waals surface area contributed by atoms with E-state index < -0.39 is 6.04 Å². The van der Waals surface area contributed by atoms with Crippen LogP contribution in [0, 0.1) is 0 Å². The number of nitrogens with one attached hydrogen (secondary N) is 2. The van der Waals surface area contributed by atoms with Gasteiger partial charge in [-0.05, 0) is 43.3 Å². The van der Waals surface area contributed by atoms with E-state index in [0.717, 1.165) is 11.1 Å². The first-order valence-electron chi connectivity index (χ1n) is 11.3. The molecule has 0 radical (unpaired) electrons. The van der Waals surface area contributed by atoms with E-state index in [2.05, 4.69) is 10.6 Å². The number of nitrogens with zero attached hydrogens (tertiary/aromatic N) is 3. The average Bonchev–Trinajstić information content (AvgIpc) is 3.32. The number of hydrogen-bond acceptors (Lipinski definition) is 6. The maximum atomic E-state index is 13.6. The van der Waals surface area contributed by atoms with Gasteiger partial charge in [0.2, 0.25) is 5.95 Å². The minimum absolute atomic E-state index is 0.259. The Morgan fingerprint density at radius 1 is 1.00 bits per heavy atom. The lowest BCUT2D eigenvalue weighted by atomic mass is 9.95. The van der Waals surface area contributed by atoms with Crippen LogP contribution in [0.3, 0.4) is 0 Å². The Hall–Kier alpha value is -4.30. The van der Waals surface area contributed by atoms with Gasteiger partial charge in [0.25, 0.3) is 5.91 Å². The Labute approximate surface area is 213 Å². The third kappa shape index (κ3) is 4.27. The molecule has 1 aromatic heterocycles. The van der Waals surface area contributed by atoms with E-state index in [1.807, 2.05) is 67.6 Å². The maximum Gasteiger partial charge on any atom is 0.255 e. The number of methoxy groups -OCH3 is 2. The normalized spacial score (nSPS) is 14.6. The molecule has 0 saturated heterocycles. The molecule has 5 rings (SSSR count). The van der Waals surface area contributed by atoms with Crippen LogP contribution in [0.4, 0.5) is 11.6 Å². The fourth-order valence-electron chi connectivity index (χ4n) is 4.25.